The lowest BCUT2D eigenvalue weighted by atomic mass is 10.1. The number of imide groups is 1. The van der Waals surface area contributed by atoms with Crippen LogP contribution in [0.3, 0.4) is 0 Å². The van der Waals surface area contributed by atoms with E-state index in [1.165, 1.54) is 30.3 Å². The Morgan fingerprint density at radius 2 is 1.76 bits per heavy atom. The summed E-state index contributed by atoms with van der Waals surface area (Å²) in [6.45, 7) is 0. The number of para-hydroxylation sites is 1. The molecule has 2 amide bonds. The number of carbonyl (C=O) groups is 3. The molecule has 0 saturated heterocycles. The first kappa shape index (κ1) is 20.4. The predicted octanol–water partition coefficient (Wildman–Crippen LogP) is 3.93. The summed E-state index contributed by atoms with van der Waals surface area (Å²) < 4.78 is 43.3. The monoisotopic (exact) mass is 424 g/mol. The van der Waals surface area contributed by atoms with Gasteiger partial charge in [0.1, 0.15) is 10.7 Å². The van der Waals surface area contributed by atoms with E-state index in [1.807, 2.05) is 0 Å². The van der Waals surface area contributed by atoms with Gasteiger partial charge in [-0.25, -0.2) is 9.69 Å². The van der Waals surface area contributed by atoms with E-state index < -0.39 is 40.3 Å². The van der Waals surface area contributed by atoms with Crippen molar-refractivity contribution in [2.24, 2.45) is 0 Å². The fourth-order valence-electron chi connectivity index (χ4n) is 2.70. The first-order valence-corrected chi connectivity index (χ1v) is 8.43. The minimum Gasteiger partial charge on any atom is -0.465 e. The first-order chi connectivity index (χ1) is 13.6. The van der Waals surface area contributed by atoms with Crippen molar-refractivity contribution in [3.8, 4) is 0 Å². The fraction of sp³-hybridized carbons (Fsp3) is 0.105. The standard InChI is InChI=1S/C19H12ClF3N2O4/c1-29-18(28)12-7-2-3-8-13(12)25-16(26)14(20)15(17(25)27)24-11-6-4-5-10(9-11)19(21,22)23/h2-9,24H,1H3. The van der Waals surface area contributed by atoms with Crippen LogP contribution < -0.4 is 10.2 Å². The summed E-state index contributed by atoms with van der Waals surface area (Å²) in [6, 6.07) is 9.78. The van der Waals surface area contributed by atoms with Gasteiger partial charge in [0.2, 0.25) is 0 Å². The maximum absolute atomic E-state index is 12.9. The molecule has 0 spiro atoms. The van der Waals surface area contributed by atoms with Crippen LogP contribution in [0.4, 0.5) is 24.5 Å². The second-order valence-corrected chi connectivity index (χ2v) is 6.22. The van der Waals surface area contributed by atoms with Crippen LogP contribution >= 0.6 is 11.6 Å². The lowest BCUT2D eigenvalue weighted by Gasteiger charge is -2.18. The Balaban J connectivity index is 1.96. The molecule has 0 radical (unpaired) electrons. The van der Waals surface area contributed by atoms with Gasteiger partial charge in [-0.3, -0.25) is 9.59 Å². The van der Waals surface area contributed by atoms with Gasteiger partial charge in [-0.2, -0.15) is 13.2 Å². The summed E-state index contributed by atoms with van der Waals surface area (Å²) in [5.41, 5.74) is -1.55. The zero-order valence-corrected chi connectivity index (χ0v) is 15.5. The Morgan fingerprint density at radius 3 is 2.41 bits per heavy atom. The number of amides is 2. The molecule has 0 saturated carbocycles. The molecule has 0 aliphatic carbocycles. The van der Waals surface area contributed by atoms with Gasteiger partial charge in [0.25, 0.3) is 11.8 Å². The summed E-state index contributed by atoms with van der Waals surface area (Å²) >= 11 is 5.98. The number of halogens is 4. The highest BCUT2D eigenvalue weighted by Gasteiger charge is 2.40. The molecule has 1 N–H and O–H groups in total. The molecule has 1 aliphatic rings. The van der Waals surface area contributed by atoms with Crippen molar-refractivity contribution in [2.75, 3.05) is 17.3 Å². The molecule has 2 aromatic rings. The van der Waals surface area contributed by atoms with Gasteiger partial charge in [0.15, 0.2) is 0 Å². The van der Waals surface area contributed by atoms with E-state index >= 15 is 0 Å². The average Bonchev–Trinajstić information content (AvgIpc) is 2.90. The second-order valence-electron chi connectivity index (χ2n) is 5.85. The van der Waals surface area contributed by atoms with Crippen molar-refractivity contribution >= 4 is 40.8 Å². The van der Waals surface area contributed by atoms with E-state index in [0.29, 0.717) is 4.90 Å². The normalized spacial score (nSPS) is 14.4. The molecule has 1 aliphatic heterocycles. The topological polar surface area (TPSA) is 75.7 Å². The van der Waals surface area contributed by atoms with Crippen molar-refractivity contribution < 1.29 is 32.3 Å². The van der Waals surface area contributed by atoms with Gasteiger partial charge in [0.05, 0.1) is 23.9 Å². The quantitative estimate of drug-likeness (QED) is 0.594. The third-order valence-corrected chi connectivity index (χ3v) is 4.39. The highest BCUT2D eigenvalue weighted by Crippen LogP contribution is 2.34. The lowest BCUT2D eigenvalue weighted by molar-refractivity contribution is -0.137. The number of nitrogens with zero attached hydrogens (tertiary/aromatic N) is 1. The molecule has 6 nitrogen and oxygen atoms in total. The molecule has 3 rings (SSSR count). The number of carbonyl (C=O) groups excluding carboxylic acids is 3. The van der Waals surface area contributed by atoms with Crippen molar-refractivity contribution in [3.63, 3.8) is 0 Å². The van der Waals surface area contributed by atoms with E-state index in [4.69, 9.17) is 11.6 Å². The molecule has 2 aromatic carbocycles. The smallest absolute Gasteiger partial charge is 0.416 e. The van der Waals surface area contributed by atoms with Crippen LogP contribution in [0.5, 0.6) is 0 Å². The van der Waals surface area contributed by atoms with Gasteiger partial charge in [-0.05, 0) is 30.3 Å². The van der Waals surface area contributed by atoms with Crippen molar-refractivity contribution in [3.05, 3.63) is 70.4 Å². The van der Waals surface area contributed by atoms with E-state index in [-0.39, 0.29) is 16.9 Å². The average molecular weight is 425 g/mol. The van der Waals surface area contributed by atoms with Gasteiger partial charge in [-0.15, -0.1) is 0 Å². The summed E-state index contributed by atoms with van der Waals surface area (Å²) in [4.78, 5) is 38.0. The summed E-state index contributed by atoms with van der Waals surface area (Å²) in [5.74, 6) is -2.63. The third kappa shape index (κ3) is 3.81. The Morgan fingerprint density at radius 1 is 1.07 bits per heavy atom. The zero-order chi connectivity index (χ0) is 21.3. The van der Waals surface area contributed by atoms with Crippen LogP contribution in [-0.4, -0.2) is 24.9 Å². The largest absolute Gasteiger partial charge is 0.465 e. The number of benzene rings is 2. The molecular formula is C19H12ClF3N2O4. The Kier molecular flexibility index (Phi) is 5.34. The van der Waals surface area contributed by atoms with Crippen molar-refractivity contribution in [1.29, 1.82) is 0 Å². The highest BCUT2D eigenvalue weighted by molar-refractivity contribution is 6.53. The maximum atomic E-state index is 12.9. The molecule has 0 atom stereocenters. The Labute approximate surface area is 167 Å². The minimum absolute atomic E-state index is 0.0542. The number of nitrogens with one attached hydrogen (secondary N) is 1. The van der Waals surface area contributed by atoms with Gasteiger partial charge >= 0.3 is 12.1 Å². The molecule has 0 aromatic heterocycles. The number of alkyl halides is 3. The SMILES string of the molecule is COC(=O)c1ccccc1N1C(=O)C(Cl)=C(Nc2cccc(C(F)(F)F)c2)C1=O. The molecule has 0 bridgehead atoms. The van der Waals surface area contributed by atoms with E-state index in [1.54, 1.807) is 0 Å². The lowest BCUT2D eigenvalue weighted by Crippen LogP contribution is -2.33. The molecule has 150 valence electrons. The van der Waals surface area contributed by atoms with Crippen LogP contribution in [0.25, 0.3) is 0 Å². The molecule has 0 fully saturated rings. The predicted molar refractivity (Wildman–Crippen MR) is 98.2 cm³/mol. The Hall–Kier alpha value is -3.33. The maximum Gasteiger partial charge on any atom is 0.416 e. The van der Waals surface area contributed by atoms with Gasteiger partial charge in [-0.1, -0.05) is 29.8 Å². The molecular weight excluding hydrogens is 413 g/mol. The van der Waals surface area contributed by atoms with Gasteiger partial charge in [0, 0.05) is 5.69 Å². The van der Waals surface area contributed by atoms with Crippen LogP contribution in [-0.2, 0) is 20.5 Å². The molecule has 29 heavy (non-hydrogen) atoms. The van der Waals surface area contributed by atoms with E-state index in [0.717, 1.165) is 25.3 Å². The summed E-state index contributed by atoms with van der Waals surface area (Å²) in [6.07, 6.45) is -4.59. The van der Waals surface area contributed by atoms with Crippen LogP contribution in [0.15, 0.2) is 59.3 Å². The fourth-order valence-corrected chi connectivity index (χ4v) is 2.91. The second kappa shape index (κ2) is 7.59. The number of ether oxygens (including phenoxy) is 1. The number of hydrogen-bond donors (Lipinski definition) is 1. The zero-order valence-electron chi connectivity index (χ0n) is 14.7. The number of rotatable bonds is 4. The van der Waals surface area contributed by atoms with Crippen LogP contribution in [0.2, 0.25) is 0 Å². The molecule has 0 unspecified atom stereocenters. The van der Waals surface area contributed by atoms with Crippen molar-refractivity contribution in [2.45, 2.75) is 6.18 Å². The first-order valence-electron chi connectivity index (χ1n) is 8.05. The molecule has 10 heteroatoms. The number of esters is 1. The summed E-state index contributed by atoms with van der Waals surface area (Å²) in [7, 11) is 1.14. The van der Waals surface area contributed by atoms with E-state index in [2.05, 4.69) is 10.1 Å². The highest BCUT2D eigenvalue weighted by atomic mass is 35.5. The van der Waals surface area contributed by atoms with Crippen LogP contribution in [0.1, 0.15) is 15.9 Å². The van der Waals surface area contributed by atoms with Crippen LogP contribution in [0, 0.1) is 0 Å². The Bertz CT molecular complexity index is 1050. The van der Waals surface area contributed by atoms with Crippen molar-refractivity contribution in [1.82, 2.24) is 0 Å². The third-order valence-electron chi connectivity index (χ3n) is 4.04. The summed E-state index contributed by atoms with van der Waals surface area (Å²) in [5, 5.41) is 1.94. The number of methoxy groups -OCH3 is 1. The number of hydrogen-bond acceptors (Lipinski definition) is 5. The molecule has 1 heterocycles. The number of anilines is 2. The van der Waals surface area contributed by atoms with E-state index in [9.17, 15) is 27.6 Å². The minimum atomic E-state index is -4.59. The van der Waals surface area contributed by atoms with Gasteiger partial charge < -0.3 is 10.1 Å².